The normalized spacial score (nSPS) is 22.2. The van der Waals surface area contributed by atoms with Gasteiger partial charge in [0.1, 0.15) is 11.9 Å². The first kappa shape index (κ1) is 13.8. The van der Waals surface area contributed by atoms with E-state index >= 15 is 0 Å². The van der Waals surface area contributed by atoms with Crippen molar-refractivity contribution in [1.82, 2.24) is 4.98 Å². The summed E-state index contributed by atoms with van der Waals surface area (Å²) in [7, 11) is 1.75. The third-order valence-electron chi connectivity index (χ3n) is 4.32. The van der Waals surface area contributed by atoms with Crippen LogP contribution in [-0.4, -0.2) is 31.3 Å². The fourth-order valence-corrected chi connectivity index (χ4v) is 2.96. The van der Waals surface area contributed by atoms with Crippen LogP contribution < -0.4 is 4.90 Å². The number of piperidine rings is 1. The lowest BCUT2D eigenvalue weighted by molar-refractivity contribution is 0.0496. The molecule has 0 amide bonds. The van der Waals surface area contributed by atoms with Crippen LogP contribution in [0.25, 0.3) is 10.9 Å². The minimum Gasteiger partial charge on any atom is -0.379 e. The van der Waals surface area contributed by atoms with Gasteiger partial charge in [-0.15, -0.1) is 0 Å². The first-order valence-electron chi connectivity index (χ1n) is 7.30. The summed E-state index contributed by atoms with van der Waals surface area (Å²) in [6.07, 6.45) is 1.25. The topological polar surface area (TPSA) is 49.1 Å². The third kappa shape index (κ3) is 2.57. The molecule has 1 aromatic carbocycles. The predicted molar refractivity (Wildman–Crippen MR) is 83.2 cm³/mol. The molecule has 1 aliphatic heterocycles. The molecule has 2 heterocycles. The summed E-state index contributed by atoms with van der Waals surface area (Å²) >= 11 is 0. The Hall–Kier alpha value is -2.12. The second-order valence-corrected chi connectivity index (χ2v) is 5.65. The highest BCUT2D eigenvalue weighted by molar-refractivity contribution is 5.83. The number of rotatable bonds is 2. The zero-order chi connectivity index (χ0) is 14.8. The largest absolute Gasteiger partial charge is 0.379 e. The van der Waals surface area contributed by atoms with Gasteiger partial charge in [0.2, 0.25) is 0 Å². The van der Waals surface area contributed by atoms with Gasteiger partial charge < -0.3 is 9.64 Å². The zero-order valence-corrected chi connectivity index (χ0v) is 12.4. The molecule has 1 fully saturated rings. The van der Waals surface area contributed by atoms with Gasteiger partial charge in [0, 0.05) is 25.6 Å². The number of anilines is 1. The molecule has 0 spiro atoms. The van der Waals surface area contributed by atoms with Crippen molar-refractivity contribution in [3.05, 3.63) is 35.9 Å². The summed E-state index contributed by atoms with van der Waals surface area (Å²) in [6, 6.07) is 12.1. The van der Waals surface area contributed by atoms with E-state index in [4.69, 9.17) is 9.72 Å². The van der Waals surface area contributed by atoms with Gasteiger partial charge in [0.15, 0.2) is 0 Å². The molecule has 0 N–H and O–H groups in total. The molecule has 3 rings (SSSR count). The van der Waals surface area contributed by atoms with Crippen molar-refractivity contribution in [2.24, 2.45) is 5.92 Å². The molecule has 4 heteroatoms. The number of methoxy groups -OCH3 is 1. The maximum atomic E-state index is 9.44. The van der Waals surface area contributed by atoms with Gasteiger partial charge in [-0.05, 0) is 24.5 Å². The van der Waals surface area contributed by atoms with Crippen LogP contribution in [0.2, 0.25) is 0 Å². The lowest BCUT2D eigenvalue weighted by Crippen LogP contribution is -2.44. The zero-order valence-electron chi connectivity index (χ0n) is 12.4. The Morgan fingerprint density at radius 2 is 2.19 bits per heavy atom. The number of pyridine rings is 1. The molecule has 4 nitrogen and oxygen atoms in total. The van der Waals surface area contributed by atoms with Crippen molar-refractivity contribution >= 4 is 16.7 Å². The van der Waals surface area contributed by atoms with Gasteiger partial charge >= 0.3 is 0 Å². The molecular formula is C17H19N3O. The standard InChI is InChI=1S/C17H19N3O/c1-12-7-8-20(11-16(12)21-2)17-14(10-18)9-13-5-3-4-6-15(13)19-17/h3-6,9,12,16H,7-8,11H2,1-2H3. The first-order chi connectivity index (χ1) is 10.2. The lowest BCUT2D eigenvalue weighted by Gasteiger charge is -2.37. The number of nitrogens with zero attached hydrogens (tertiary/aromatic N) is 3. The second kappa shape index (κ2) is 5.71. The minimum atomic E-state index is 0.193. The van der Waals surface area contributed by atoms with E-state index in [1.165, 1.54) is 0 Å². The van der Waals surface area contributed by atoms with Crippen molar-refractivity contribution < 1.29 is 4.74 Å². The molecule has 1 aromatic heterocycles. The van der Waals surface area contributed by atoms with Crippen molar-refractivity contribution in [3.63, 3.8) is 0 Å². The van der Waals surface area contributed by atoms with Gasteiger partial charge in [-0.3, -0.25) is 0 Å². The molecule has 0 bridgehead atoms. The van der Waals surface area contributed by atoms with Crippen LogP contribution in [0.3, 0.4) is 0 Å². The van der Waals surface area contributed by atoms with Gasteiger partial charge in [-0.25, -0.2) is 4.98 Å². The van der Waals surface area contributed by atoms with Crippen LogP contribution >= 0.6 is 0 Å². The van der Waals surface area contributed by atoms with E-state index in [0.29, 0.717) is 11.5 Å². The molecule has 0 aliphatic carbocycles. The van der Waals surface area contributed by atoms with Crippen LogP contribution in [0.1, 0.15) is 18.9 Å². The Kier molecular flexibility index (Phi) is 3.76. The van der Waals surface area contributed by atoms with Crippen molar-refractivity contribution in [3.8, 4) is 6.07 Å². The fraction of sp³-hybridized carbons (Fsp3) is 0.412. The smallest absolute Gasteiger partial charge is 0.147 e. The maximum Gasteiger partial charge on any atom is 0.147 e. The Morgan fingerprint density at radius 1 is 1.38 bits per heavy atom. The summed E-state index contributed by atoms with van der Waals surface area (Å²) in [5.74, 6) is 1.32. The highest BCUT2D eigenvalue weighted by atomic mass is 16.5. The molecule has 1 saturated heterocycles. The maximum absolute atomic E-state index is 9.44. The average Bonchev–Trinajstić information content (AvgIpc) is 2.54. The number of hydrogen-bond acceptors (Lipinski definition) is 4. The number of aromatic nitrogens is 1. The van der Waals surface area contributed by atoms with E-state index < -0.39 is 0 Å². The summed E-state index contributed by atoms with van der Waals surface area (Å²) in [4.78, 5) is 6.89. The van der Waals surface area contributed by atoms with Gasteiger partial charge in [-0.2, -0.15) is 5.26 Å². The minimum absolute atomic E-state index is 0.193. The van der Waals surface area contributed by atoms with Crippen LogP contribution in [0, 0.1) is 17.2 Å². The molecule has 21 heavy (non-hydrogen) atoms. The molecule has 0 saturated carbocycles. The Morgan fingerprint density at radius 3 is 2.95 bits per heavy atom. The molecule has 2 aromatic rings. The second-order valence-electron chi connectivity index (χ2n) is 5.65. The Bertz CT molecular complexity index is 692. The number of hydrogen-bond donors (Lipinski definition) is 0. The quantitative estimate of drug-likeness (QED) is 0.849. The summed E-state index contributed by atoms with van der Waals surface area (Å²) in [5, 5.41) is 10.4. The van der Waals surface area contributed by atoms with Crippen LogP contribution in [-0.2, 0) is 4.74 Å². The van der Waals surface area contributed by atoms with Gasteiger partial charge in [0.05, 0.1) is 17.2 Å². The highest BCUT2D eigenvalue weighted by Gasteiger charge is 2.28. The van der Waals surface area contributed by atoms with E-state index in [9.17, 15) is 5.26 Å². The molecular weight excluding hydrogens is 262 g/mol. The molecule has 2 atom stereocenters. The van der Waals surface area contributed by atoms with Gasteiger partial charge in [-0.1, -0.05) is 25.1 Å². The molecule has 108 valence electrons. The van der Waals surface area contributed by atoms with E-state index in [1.54, 1.807) is 7.11 Å². The lowest BCUT2D eigenvalue weighted by atomic mass is 9.95. The summed E-state index contributed by atoms with van der Waals surface area (Å²) in [6.45, 7) is 3.92. The van der Waals surface area contributed by atoms with Crippen molar-refractivity contribution in [2.45, 2.75) is 19.4 Å². The number of ether oxygens (including phenoxy) is 1. The summed E-state index contributed by atoms with van der Waals surface area (Å²) < 4.78 is 5.56. The predicted octanol–water partition coefficient (Wildman–Crippen LogP) is 2.97. The first-order valence-corrected chi connectivity index (χ1v) is 7.30. The summed E-state index contributed by atoms with van der Waals surface area (Å²) in [5.41, 5.74) is 1.57. The number of para-hydroxylation sites is 1. The molecule has 1 aliphatic rings. The molecule has 2 unspecified atom stereocenters. The monoisotopic (exact) mass is 281 g/mol. The van der Waals surface area contributed by atoms with Gasteiger partial charge in [0.25, 0.3) is 0 Å². The fourth-order valence-electron chi connectivity index (χ4n) is 2.96. The van der Waals surface area contributed by atoms with E-state index in [0.717, 1.165) is 36.2 Å². The van der Waals surface area contributed by atoms with Crippen molar-refractivity contribution in [2.75, 3.05) is 25.1 Å². The SMILES string of the molecule is COC1CN(c2nc3ccccc3cc2C#N)CCC1C. The van der Waals surface area contributed by atoms with E-state index in [-0.39, 0.29) is 6.10 Å². The van der Waals surface area contributed by atoms with Crippen LogP contribution in [0.5, 0.6) is 0 Å². The number of nitriles is 1. The molecule has 0 radical (unpaired) electrons. The Balaban J connectivity index is 2.01. The van der Waals surface area contributed by atoms with Crippen molar-refractivity contribution in [1.29, 1.82) is 5.26 Å². The van der Waals surface area contributed by atoms with E-state index in [2.05, 4.69) is 17.9 Å². The average molecular weight is 281 g/mol. The number of benzene rings is 1. The third-order valence-corrected chi connectivity index (χ3v) is 4.32. The van der Waals surface area contributed by atoms with Crippen LogP contribution in [0.4, 0.5) is 5.82 Å². The number of fused-ring (bicyclic) bond motifs is 1. The van der Waals surface area contributed by atoms with E-state index in [1.807, 2.05) is 30.3 Å². The van der Waals surface area contributed by atoms with Crippen LogP contribution in [0.15, 0.2) is 30.3 Å². The Labute approximate surface area is 125 Å². The highest BCUT2D eigenvalue weighted by Crippen LogP contribution is 2.28.